The molecule has 0 saturated heterocycles. The molecule has 0 saturated carbocycles. The summed E-state index contributed by atoms with van der Waals surface area (Å²) in [7, 11) is -3.40. The number of anilines is 1. The Bertz CT molecular complexity index is 554. The average molecular weight is 333 g/mol. The lowest BCUT2D eigenvalue weighted by molar-refractivity contribution is -0.113. The summed E-state index contributed by atoms with van der Waals surface area (Å²) < 4.78 is 23.8. The molecule has 0 aliphatic rings. The van der Waals surface area contributed by atoms with Crippen molar-refractivity contribution in [1.82, 2.24) is 4.90 Å². The van der Waals surface area contributed by atoms with Crippen molar-refractivity contribution in [2.24, 2.45) is 0 Å². The molecule has 1 amide bonds. The zero-order valence-electron chi connectivity index (χ0n) is 12.3. The summed E-state index contributed by atoms with van der Waals surface area (Å²) in [6.45, 7) is 5.99. The van der Waals surface area contributed by atoms with Gasteiger partial charge in [-0.3, -0.25) is 4.79 Å². The third-order valence-corrected chi connectivity index (χ3v) is 4.85. The van der Waals surface area contributed by atoms with Crippen LogP contribution in [0.3, 0.4) is 0 Å². The zero-order chi connectivity index (χ0) is 15.9. The quantitative estimate of drug-likeness (QED) is 0.791. The smallest absolute Gasteiger partial charge is 0.239 e. The normalized spacial score (nSPS) is 11.6. The van der Waals surface area contributed by atoms with Gasteiger partial charge in [0.15, 0.2) is 9.84 Å². The fourth-order valence-electron chi connectivity index (χ4n) is 1.81. The predicted molar refractivity (Wildman–Crippen MR) is 86.5 cm³/mol. The summed E-state index contributed by atoms with van der Waals surface area (Å²) >= 11 is 5.74. The van der Waals surface area contributed by atoms with Gasteiger partial charge in [0.25, 0.3) is 0 Å². The summed E-state index contributed by atoms with van der Waals surface area (Å²) in [4.78, 5) is 13.8. The maximum Gasteiger partial charge on any atom is 0.239 e. The maximum absolute atomic E-state index is 11.9. The topological polar surface area (TPSA) is 66.5 Å². The molecule has 0 atom stereocenters. The number of carbonyl (C=O) groups is 1. The van der Waals surface area contributed by atoms with Gasteiger partial charge in [-0.1, -0.05) is 25.4 Å². The average Bonchev–Trinajstić information content (AvgIpc) is 2.42. The van der Waals surface area contributed by atoms with E-state index in [4.69, 9.17) is 11.6 Å². The second kappa shape index (κ2) is 8.36. The number of halogens is 1. The highest BCUT2D eigenvalue weighted by molar-refractivity contribution is 7.92. The fourth-order valence-corrected chi connectivity index (χ4v) is 3.09. The van der Waals surface area contributed by atoms with Crippen LogP contribution in [0.2, 0.25) is 5.02 Å². The summed E-state index contributed by atoms with van der Waals surface area (Å²) in [5, 5.41) is 3.11. The van der Waals surface area contributed by atoms with Crippen molar-refractivity contribution in [1.29, 1.82) is 0 Å². The van der Waals surface area contributed by atoms with E-state index in [0.717, 1.165) is 13.1 Å². The summed E-state index contributed by atoms with van der Waals surface area (Å²) in [6.07, 6.45) is 0. The Kier molecular flexibility index (Phi) is 7.14. The minimum atomic E-state index is -3.40. The Morgan fingerprint density at radius 3 is 2.29 bits per heavy atom. The zero-order valence-corrected chi connectivity index (χ0v) is 13.9. The first-order valence-electron chi connectivity index (χ1n) is 6.84. The Morgan fingerprint density at radius 2 is 1.76 bits per heavy atom. The molecule has 1 aromatic rings. The van der Waals surface area contributed by atoms with Crippen LogP contribution in [0.15, 0.2) is 24.3 Å². The summed E-state index contributed by atoms with van der Waals surface area (Å²) in [5.74, 6) is -1.04. The van der Waals surface area contributed by atoms with Crippen LogP contribution >= 0.6 is 11.6 Å². The van der Waals surface area contributed by atoms with E-state index in [1.54, 1.807) is 24.3 Å². The van der Waals surface area contributed by atoms with Gasteiger partial charge in [-0.15, -0.1) is 0 Å². The Balaban J connectivity index is 2.50. The number of sulfone groups is 1. The molecule has 118 valence electrons. The van der Waals surface area contributed by atoms with E-state index >= 15 is 0 Å². The van der Waals surface area contributed by atoms with Gasteiger partial charge in [-0.25, -0.2) is 8.42 Å². The van der Waals surface area contributed by atoms with Gasteiger partial charge < -0.3 is 10.2 Å². The molecule has 7 heteroatoms. The van der Waals surface area contributed by atoms with E-state index in [0.29, 0.717) is 17.3 Å². The molecule has 21 heavy (non-hydrogen) atoms. The molecule has 1 rings (SSSR count). The third kappa shape index (κ3) is 6.93. The van der Waals surface area contributed by atoms with Crippen molar-refractivity contribution in [3.05, 3.63) is 29.3 Å². The SMILES string of the molecule is CCN(CC)CCS(=O)(=O)CC(=O)Nc1ccc(Cl)cc1. The van der Waals surface area contributed by atoms with Crippen molar-refractivity contribution in [3.8, 4) is 0 Å². The minimum absolute atomic E-state index is 0.0112. The Hall–Kier alpha value is -1.11. The number of hydrogen-bond acceptors (Lipinski definition) is 4. The van der Waals surface area contributed by atoms with Crippen molar-refractivity contribution >= 4 is 33.0 Å². The molecule has 1 aromatic carbocycles. The lowest BCUT2D eigenvalue weighted by Crippen LogP contribution is -2.32. The number of carbonyl (C=O) groups excluding carboxylic acids is 1. The molecule has 0 aliphatic heterocycles. The largest absolute Gasteiger partial charge is 0.325 e. The molecule has 0 radical (unpaired) electrons. The number of benzene rings is 1. The van der Waals surface area contributed by atoms with Gasteiger partial charge in [0.05, 0.1) is 5.75 Å². The Morgan fingerprint density at radius 1 is 1.19 bits per heavy atom. The number of hydrogen-bond donors (Lipinski definition) is 1. The molecule has 0 aliphatic carbocycles. The first-order valence-corrected chi connectivity index (χ1v) is 9.04. The van der Waals surface area contributed by atoms with E-state index in [-0.39, 0.29) is 5.75 Å². The first kappa shape index (κ1) is 17.9. The second-order valence-electron chi connectivity index (χ2n) is 4.67. The van der Waals surface area contributed by atoms with E-state index in [9.17, 15) is 13.2 Å². The van der Waals surface area contributed by atoms with E-state index in [1.807, 2.05) is 18.7 Å². The highest BCUT2D eigenvalue weighted by atomic mass is 35.5. The monoisotopic (exact) mass is 332 g/mol. The van der Waals surface area contributed by atoms with Crippen LogP contribution in [-0.4, -0.2) is 50.4 Å². The second-order valence-corrected chi connectivity index (χ2v) is 7.29. The van der Waals surface area contributed by atoms with Gasteiger partial charge in [0, 0.05) is 17.3 Å². The first-order chi connectivity index (χ1) is 9.86. The van der Waals surface area contributed by atoms with Crippen LogP contribution in [0.1, 0.15) is 13.8 Å². The molecule has 0 bridgehead atoms. The highest BCUT2D eigenvalue weighted by Crippen LogP contribution is 2.13. The molecule has 0 heterocycles. The molecule has 0 fully saturated rings. The molecule has 5 nitrogen and oxygen atoms in total. The molecular weight excluding hydrogens is 312 g/mol. The third-order valence-electron chi connectivity index (χ3n) is 3.09. The van der Waals surface area contributed by atoms with Crippen LogP contribution in [0.4, 0.5) is 5.69 Å². The fraction of sp³-hybridized carbons (Fsp3) is 0.500. The van der Waals surface area contributed by atoms with Crippen LogP contribution in [-0.2, 0) is 14.6 Å². The van der Waals surface area contributed by atoms with Crippen molar-refractivity contribution in [2.75, 3.05) is 36.5 Å². The van der Waals surface area contributed by atoms with E-state index in [2.05, 4.69) is 5.32 Å². The predicted octanol–water partition coefficient (Wildman–Crippen LogP) is 2.04. The molecular formula is C14H21ClN2O3S. The molecule has 0 unspecified atom stereocenters. The number of amides is 1. The molecule has 0 spiro atoms. The van der Waals surface area contributed by atoms with Gasteiger partial charge in [-0.05, 0) is 37.4 Å². The number of nitrogens with one attached hydrogen (secondary N) is 1. The van der Waals surface area contributed by atoms with Gasteiger partial charge in [0.2, 0.25) is 5.91 Å². The van der Waals surface area contributed by atoms with E-state index in [1.165, 1.54) is 0 Å². The molecule has 1 N–H and O–H groups in total. The minimum Gasteiger partial charge on any atom is -0.325 e. The van der Waals surface area contributed by atoms with Gasteiger partial charge in [0.1, 0.15) is 5.75 Å². The summed E-state index contributed by atoms with van der Waals surface area (Å²) in [6, 6.07) is 6.52. The Labute approximate surface area is 131 Å². The summed E-state index contributed by atoms with van der Waals surface area (Å²) in [5.41, 5.74) is 0.531. The lowest BCUT2D eigenvalue weighted by atomic mass is 10.3. The van der Waals surface area contributed by atoms with Crippen molar-refractivity contribution < 1.29 is 13.2 Å². The van der Waals surface area contributed by atoms with Crippen molar-refractivity contribution in [3.63, 3.8) is 0 Å². The van der Waals surface area contributed by atoms with Crippen LogP contribution in [0.25, 0.3) is 0 Å². The van der Waals surface area contributed by atoms with Gasteiger partial charge in [-0.2, -0.15) is 0 Å². The number of rotatable bonds is 8. The van der Waals surface area contributed by atoms with Crippen molar-refractivity contribution in [2.45, 2.75) is 13.8 Å². The molecule has 0 aromatic heterocycles. The van der Waals surface area contributed by atoms with Gasteiger partial charge >= 0.3 is 0 Å². The van der Waals surface area contributed by atoms with Crippen LogP contribution in [0.5, 0.6) is 0 Å². The highest BCUT2D eigenvalue weighted by Gasteiger charge is 2.17. The maximum atomic E-state index is 11.9. The van der Waals surface area contributed by atoms with Crippen LogP contribution in [0, 0.1) is 0 Å². The van der Waals surface area contributed by atoms with E-state index < -0.39 is 21.5 Å². The lowest BCUT2D eigenvalue weighted by Gasteiger charge is -2.17. The van der Waals surface area contributed by atoms with Crippen LogP contribution < -0.4 is 5.32 Å². The number of nitrogens with zero attached hydrogens (tertiary/aromatic N) is 1. The standard InChI is InChI=1S/C14H21ClN2O3S/c1-3-17(4-2)9-10-21(19,20)11-14(18)16-13-7-5-12(15)6-8-13/h5-8H,3-4,9-11H2,1-2H3,(H,16,18).